The summed E-state index contributed by atoms with van der Waals surface area (Å²) in [5, 5.41) is 0.279. The van der Waals surface area contributed by atoms with Gasteiger partial charge in [0.1, 0.15) is 0 Å². The van der Waals surface area contributed by atoms with E-state index in [1.54, 1.807) is 0 Å². The van der Waals surface area contributed by atoms with Crippen LogP contribution >= 0.6 is 11.6 Å². The van der Waals surface area contributed by atoms with Crippen LogP contribution in [-0.4, -0.2) is 8.76 Å². The zero-order chi connectivity index (χ0) is 9.30. The third-order valence-electron chi connectivity index (χ3n) is 1.32. The van der Waals surface area contributed by atoms with Crippen molar-refractivity contribution in [2.45, 2.75) is 4.90 Å². The molecule has 0 aliphatic carbocycles. The topological polar surface area (TPSA) is 89.3 Å². The molecule has 0 saturated carbocycles. The SMILES string of the molecule is Nc1cc(S(=O)O)c(N)cc1Cl. The first kappa shape index (κ1) is 9.31. The summed E-state index contributed by atoms with van der Waals surface area (Å²) in [6.45, 7) is 0. The van der Waals surface area contributed by atoms with Crippen LogP contribution in [0.1, 0.15) is 0 Å². The predicted octanol–water partition coefficient (Wildman–Crippen LogP) is 1.08. The molecule has 1 aromatic carbocycles. The Hall–Kier alpha value is -0.780. The largest absolute Gasteiger partial charge is 0.398 e. The third kappa shape index (κ3) is 1.69. The van der Waals surface area contributed by atoms with Crippen molar-refractivity contribution >= 4 is 34.1 Å². The Bertz CT molecular complexity index is 343. The van der Waals surface area contributed by atoms with Crippen LogP contribution in [0.25, 0.3) is 0 Å². The number of anilines is 2. The van der Waals surface area contributed by atoms with Gasteiger partial charge in [-0.2, -0.15) is 0 Å². The third-order valence-corrected chi connectivity index (χ3v) is 2.37. The molecular weight excluding hydrogens is 200 g/mol. The maximum absolute atomic E-state index is 10.6. The second kappa shape index (κ2) is 3.30. The first-order valence-electron chi connectivity index (χ1n) is 2.97. The lowest BCUT2D eigenvalue weighted by atomic mass is 10.3. The van der Waals surface area contributed by atoms with Crippen molar-refractivity contribution in [3.63, 3.8) is 0 Å². The second-order valence-electron chi connectivity index (χ2n) is 2.16. The molecule has 66 valence electrons. The second-order valence-corrected chi connectivity index (χ2v) is 3.51. The summed E-state index contributed by atoms with van der Waals surface area (Å²) < 4.78 is 19.3. The van der Waals surface area contributed by atoms with E-state index in [2.05, 4.69) is 0 Å². The van der Waals surface area contributed by atoms with Crippen LogP contribution in [0.4, 0.5) is 11.4 Å². The highest BCUT2D eigenvalue weighted by Gasteiger charge is 2.08. The Labute approximate surface area is 76.8 Å². The number of halogens is 1. The molecule has 0 aliphatic heterocycles. The minimum Gasteiger partial charge on any atom is -0.398 e. The fraction of sp³-hybridized carbons (Fsp3) is 0. The van der Waals surface area contributed by atoms with Gasteiger partial charge in [0.15, 0.2) is 11.1 Å². The maximum atomic E-state index is 10.6. The molecule has 1 aromatic rings. The van der Waals surface area contributed by atoms with Gasteiger partial charge in [-0.05, 0) is 12.1 Å². The van der Waals surface area contributed by atoms with Gasteiger partial charge >= 0.3 is 0 Å². The van der Waals surface area contributed by atoms with E-state index >= 15 is 0 Å². The van der Waals surface area contributed by atoms with E-state index in [1.165, 1.54) is 12.1 Å². The van der Waals surface area contributed by atoms with Gasteiger partial charge in [0.2, 0.25) is 0 Å². The average molecular weight is 207 g/mol. The molecule has 0 saturated heterocycles. The van der Waals surface area contributed by atoms with Crippen LogP contribution in [0, 0.1) is 0 Å². The average Bonchev–Trinajstić information content (AvgIpc) is 1.96. The van der Waals surface area contributed by atoms with E-state index in [4.69, 9.17) is 27.6 Å². The van der Waals surface area contributed by atoms with Gasteiger partial charge in [-0.25, -0.2) is 4.21 Å². The number of nitrogen functional groups attached to an aromatic ring is 2. The van der Waals surface area contributed by atoms with E-state index in [1.807, 2.05) is 0 Å². The Morgan fingerprint density at radius 2 is 1.92 bits per heavy atom. The molecule has 0 bridgehead atoms. The molecule has 1 rings (SSSR count). The van der Waals surface area contributed by atoms with Gasteiger partial charge in [0, 0.05) is 0 Å². The van der Waals surface area contributed by atoms with E-state index in [-0.39, 0.29) is 21.3 Å². The van der Waals surface area contributed by atoms with Crippen LogP contribution in [0.2, 0.25) is 5.02 Å². The van der Waals surface area contributed by atoms with Crippen molar-refractivity contribution in [2.24, 2.45) is 0 Å². The van der Waals surface area contributed by atoms with E-state index in [0.717, 1.165) is 0 Å². The highest BCUT2D eigenvalue weighted by Crippen LogP contribution is 2.26. The minimum atomic E-state index is -2.12. The molecule has 0 radical (unpaired) electrons. The van der Waals surface area contributed by atoms with Crippen molar-refractivity contribution in [2.75, 3.05) is 11.5 Å². The zero-order valence-electron chi connectivity index (χ0n) is 5.95. The molecule has 0 aliphatic rings. The number of nitrogens with two attached hydrogens (primary N) is 2. The number of hydrogen-bond acceptors (Lipinski definition) is 3. The fourth-order valence-corrected chi connectivity index (χ4v) is 1.40. The normalized spacial score (nSPS) is 12.8. The molecule has 0 fully saturated rings. The van der Waals surface area contributed by atoms with E-state index < -0.39 is 11.1 Å². The summed E-state index contributed by atoms with van der Waals surface area (Å²) in [7, 11) is 0. The van der Waals surface area contributed by atoms with Crippen molar-refractivity contribution in [1.82, 2.24) is 0 Å². The van der Waals surface area contributed by atoms with Gasteiger partial charge in [0.25, 0.3) is 0 Å². The highest BCUT2D eigenvalue weighted by molar-refractivity contribution is 7.79. The fourth-order valence-electron chi connectivity index (χ4n) is 0.736. The van der Waals surface area contributed by atoms with Crippen LogP contribution in [0.15, 0.2) is 17.0 Å². The van der Waals surface area contributed by atoms with Gasteiger partial charge in [-0.3, -0.25) is 0 Å². The van der Waals surface area contributed by atoms with Crippen molar-refractivity contribution in [1.29, 1.82) is 0 Å². The highest BCUT2D eigenvalue weighted by atomic mass is 35.5. The lowest BCUT2D eigenvalue weighted by molar-refractivity contribution is 0.565. The number of hydrogen-bond donors (Lipinski definition) is 3. The smallest absolute Gasteiger partial charge is 0.188 e. The molecule has 0 spiro atoms. The standard InChI is InChI=1S/C6H7ClN2O2S/c7-3-1-5(9)6(12(10)11)2-4(3)8/h1-2H,8-9H2,(H,10,11). The Morgan fingerprint density at radius 1 is 1.33 bits per heavy atom. The molecule has 6 heteroatoms. The van der Waals surface area contributed by atoms with Crippen LogP contribution < -0.4 is 11.5 Å². The summed E-state index contributed by atoms with van der Waals surface area (Å²) in [5.41, 5.74) is 11.2. The minimum absolute atomic E-state index is 0.0805. The van der Waals surface area contributed by atoms with Crippen LogP contribution in [-0.2, 0) is 11.1 Å². The summed E-state index contributed by atoms with van der Waals surface area (Å²) >= 11 is 3.48. The van der Waals surface area contributed by atoms with Gasteiger partial charge in [-0.15, -0.1) is 0 Å². The summed E-state index contributed by atoms with van der Waals surface area (Å²) in [6, 6.07) is 2.63. The quantitative estimate of drug-likeness (QED) is 0.474. The van der Waals surface area contributed by atoms with Crippen molar-refractivity contribution < 1.29 is 8.76 Å². The molecule has 12 heavy (non-hydrogen) atoms. The monoisotopic (exact) mass is 206 g/mol. The molecule has 1 atom stereocenters. The summed E-state index contributed by atoms with van der Waals surface area (Å²) in [6.07, 6.45) is 0. The lowest BCUT2D eigenvalue weighted by Gasteiger charge is -2.03. The lowest BCUT2D eigenvalue weighted by Crippen LogP contribution is -1.99. The van der Waals surface area contributed by atoms with Gasteiger partial charge in [-0.1, -0.05) is 11.6 Å². The Morgan fingerprint density at radius 3 is 2.42 bits per heavy atom. The predicted molar refractivity (Wildman–Crippen MR) is 49.3 cm³/mol. The molecule has 0 heterocycles. The van der Waals surface area contributed by atoms with Crippen molar-refractivity contribution in [3.05, 3.63) is 17.2 Å². The summed E-state index contributed by atoms with van der Waals surface area (Å²) in [5.74, 6) is 0. The van der Waals surface area contributed by atoms with Crippen molar-refractivity contribution in [3.8, 4) is 0 Å². The first-order valence-corrected chi connectivity index (χ1v) is 4.46. The van der Waals surface area contributed by atoms with Crippen LogP contribution in [0.3, 0.4) is 0 Å². The summed E-state index contributed by atoms with van der Waals surface area (Å²) in [4.78, 5) is 0.0805. The number of benzene rings is 1. The van der Waals surface area contributed by atoms with Gasteiger partial charge < -0.3 is 16.0 Å². The van der Waals surface area contributed by atoms with Gasteiger partial charge in [0.05, 0.1) is 21.3 Å². The first-order chi connectivity index (χ1) is 5.52. The van der Waals surface area contributed by atoms with E-state index in [0.29, 0.717) is 0 Å². The molecule has 0 amide bonds. The van der Waals surface area contributed by atoms with E-state index in [9.17, 15) is 4.21 Å². The molecule has 4 nitrogen and oxygen atoms in total. The van der Waals surface area contributed by atoms with Crippen LogP contribution in [0.5, 0.6) is 0 Å². The molecule has 1 unspecified atom stereocenters. The zero-order valence-corrected chi connectivity index (χ0v) is 7.52. The number of rotatable bonds is 1. The molecule has 0 aromatic heterocycles. The Kier molecular flexibility index (Phi) is 2.56. The molecule has 5 N–H and O–H groups in total. The molecular formula is C6H7ClN2O2S. The Balaban J connectivity index is 3.33. The maximum Gasteiger partial charge on any atom is 0.188 e.